The van der Waals surface area contributed by atoms with E-state index >= 15 is 0 Å². The number of hydrogen-bond donors (Lipinski definition) is 1. The fourth-order valence-corrected chi connectivity index (χ4v) is 1.86. The van der Waals surface area contributed by atoms with Crippen LogP contribution in [0.25, 0.3) is 0 Å². The number of imidazole rings is 1. The van der Waals surface area contributed by atoms with Crippen molar-refractivity contribution in [3.05, 3.63) is 18.2 Å². The van der Waals surface area contributed by atoms with Crippen molar-refractivity contribution in [2.75, 3.05) is 67.1 Å². The zero-order chi connectivity index (χ0) is 15.9. The lowest BCUT2D eigenvalue weighted by Gasteiger charge is -2.05. The lowest BCUT2D eigenvalue weighted by molar-refractivity contribution is -0.704. The van der Waals surface area contributed by atoms with Gasteiger partial charge in [0.15, 0.2) is 0 Å². The zero-order valence-electron chi connectivity index (χ0n) is 13.7. The number of rotatable bonds is 15. The molecule has 0 saturated carbocycles. The summed E-state index contributed by atoms with van der Waals surface area (Å²) in [6.45, 7) is 5.84. The fourth-order valence-electron chi connectivity index (χ4n) is 1.86. The van der Waals surface area contributed by atoms with E-state index in [2.05, 4.69) is 9.55 Å². The highest BCUT2D eigenvalue weighted by Gasteiger charge is 2.09. The molecule has 0 amide bonds. The highest BCUT2D eigenvalue weighted by molar-refractivity contribution is 4.77. The highest BCUT2D eigenvalue weighted by Crippen LogP contribution is 1.91. The molecule has 7 nitrogen and oxygen atoms in total. The van der Waals surface area contributed by atoms with Gasteiger partial charge in [0.2, 0.25) is 0 Å². The monoisotopic (exact) mass is 317 g/mol. The molecule has 22 heavy (non-hydrogen) atoms. The maximum atomic E-state index is 5.55. The van der Waals surface area contributed by atoms with Gasteiger partial charge in [-0.2, -0.15) is 0 Å². The van der Waals surface area contributed by atoms with Gasteiger partial charge >= 0.3 is 0 Å². The molecule has 1 rings (SSSR count). The van der Waals surface area contributed by atoms with Crippen molar-refractivity contribution in [3.8, 4) is 0 Å². The minimum Gasteiger partial charge on any atom is -0.382 e. The average Bonchev–Trinajstić information content (AvgIpc) is 2.97. The van der Waals surface area contributed by atoms with Crippen LogP contribution in [0, 0.1) is 0 Å². The Hall–Kier alpha value is -0.990. The topological polar surface area (TPSA) is 65.8 Å². The van der Waals surface area contributed by atoms with Crippen LogP contribution < -0.4 is 4.57 Å². The van der Waals surface area contributed by atoms with Gasteiger partial charge in [-0.15, -0.1) is 0 Å². The van der Waals surface area contributed by atoms with E-state index in [1.807, 2.05) is 12.4 Å². The summed E-state index contributed by atoms with van der Waals surface area (Å²) in [6, 6.07) is 0. The average molecular weight is 317 g/mol. The van der Waals surface area contributed by atoms with Crippen LogP contribution in [0.1, 0.15) is 5.82 Å². The van der Waals surface area contributed by atoms with Gasteiger partial charge in [-0.25, -0.2) is 9.55 Å². The minimum absolute atomic E-state index is 0.599. The van der Waals surface area contributed by atoms with E-state index in [0.717, 1.165) is 18.8 Å². The third kappa shape index (κ3) is 9.11. The van der Waals surface area contributed by atoms with Crippen LogP contribution >= 0.6 is 0 Å². The molecule has 1 aromatic rings. The van der Waals surface area contributed by atoms with Crippen molar-refractivity contribution in [1.29, 1.82) is 0 Å². The predicted octanol–water partition coefficient (Wildman–Crippen LogP) is 0.187. The van der Waals surface area contributed by atoms with Crippen LogP contribution in [0.15, 0.2) is 12.4 Å². The van der Waals surface area contributed by atoms with Gasteiger partial charge in [0.1, 0.15) is 18.9 Å². The summed E-state index contributed by atoms with van der Waals surface area (Å²) in [6.07, 6.45) is 4.79. The molecule has 1 aromatic heterocycles. The molecule has 0 aliphatic heterocycles. The summed E-state index contributed by atoms with van der Waals surface area (Å²) in [5.74, 6) is 1.14. The highest BCUT2D eigenvalue weighted by atomic mass is 16.5. The lowest BCUT2D eigenvalue weighted by atomic mass is 10.4. The van der Waals surface area contributed by atoms with Gasteiger partial charge in [-0.3, -0.25) is 0 Å². The number of hydrogen-bond acceptors (Lipinski definition) is 5. The number of aromatic nitrogens is 2. The molecule has 0 spiro atoms. The minimum atomic E-state index is 0.599. The first-order chi connectivity index (χ1) is 10.9. The quantitative estimate of drug-likeness (QED) is 0.369. The molecule has 0 aliphatic rings. The van der Waals surface area contributed by atoms with E-state index in [0.29, 0.717) is 52.9 Å². The van der Waals surface area contributed by atoms with Crippen LogP contribution in [0.5, 0.6) is 0 Å². The molecule has 7 heteroatoms. The standard InChI is InChI=1S/C15H28N2O5/c1-18-9-11-20-7-3-15-16-4-5-17(15)6-8-21-13-14-22-12-10-19-2/h4-5H,3,6-14H2,1-2H3/p+1. The van der Waals surface area contributed by atoms with E-state index < -0.39 is 0 Å². The smallest absolute Gasteiger partial charge is 0.256 e. The summed E-state index contributed by atoms with van der Waals surface area (Å²) in [5.41, 5.74) is 0. The first kappa shape index (κ1) is 19.1. The fraction of sp³-hybridized carbons (Fsp3) is 0.800. The molecule has 0 aromatic carbocycles. The number of ether oxygens (including phenoxy) is 5. The Morgan fingerprint density at radius 1 is 0.818 bits per heavy atom. The Balaban J connectivity index is 2.04. The number of aromatic amines is 1. The molecule has 0 radical (unpaired) electrons. The zero-order valence-corrected chi connectivity index (χ0v) is 13.7. The summed E-state index contributed by atoms with van der Waals surface area (Å²) in [4.78, 5) is 3.23. The van der Waals surface area contributed by atoms with Crippen LogP contribution in [-0.4, -0.2) is 72.1 Å². The number of methoxy groups -OCH3 is 2. The molecule has 0 saturated heterocycles. The Morgan fingerprint density at radius 2 is 1.41 bits per heavy atom. The van der Waals surface area contributed by atoms with E-state index in [1.54, 1.807) is 14.2 Å². The molecular formula is C15H29N2O5+. The summed E-state index contributed by atoms with van der Waals surface area (Å²) >= 11 is 0. The Labute approximate surface area is 132 Å². The Morgan fingerprint density at radius 3 is 2.09 bits per heavy atom. The maximum Gasteiger partial charge on any atom is 0.256 e. The molecule has 1 heterocycles. The second-order valence-electron chi connectivity index (χ2n) is 4.67. The second-order valence-corrected chi connectivity index (χ2v) is 4.67. The van der Waals surface area contributed by atoms with E-state index in [1.165, 1.54) is 0 Å². The molecule has 0 unspecified atom stereocenters. The molecular weight excluding hydrogens is 288 g/mol. The van der Waals surface area contributed by atoms with E-state index in [-0.39, 0.29) is 0 Å². The van der Waals surface area contributed by atoms with Crippen LogP contribution in [-0.2, 0) is 36.6 Å². The molecule has 0 aliphatic carbocycles. The normalized spacial score (nSPS) is 11.2. The van der Waals surface area contributed by atoms with Gasteiger partial charge in [0, 0.05) is 14.2 Å². The van der Waals surface area contributed by atoms with Crippen molar-refractivity contribution >= 4 is 0 Å². The molecule has 0 fully saturated rings. The third-order valence-corrected chi connectivity index (χ3v) is 3.05. The first-order valence-corrected chi connectivity index (χ1v) is 7.65. The number of nitrogens with one attached hydrogen (secondary N) is 1. The van der Waals surface area contributed by atoms with Gasteiger partial charge in [-0.1, -0.05) is 0 Å². The largest absolute Gasteiger partial charge is 0.382 e. The first-order valence-electron chi connectivity index (χ1n) is 7.65. The summed E-state index contributed by atoms with van der Waals surface area (Å²) < 4.78 is 28.3. The van der Waals surface area contributed by atoms with Crippen molar-refractivity contribution in [2.24, 2.45) is 0 Å². The Kier molecular flexibility index (Phi) is 11.8. The third-order valence-electron chi connectivity index (χ3n) is 3.05. The van der Waals surface area contributed by atoms with Crippen LogP contribution in [0.3, 0.4) is 0 Å². The Bertz CT molecular complexity index is 359. The predicted molar refractivity (Wildman–Crippen MR) is 80.9 cm³/mol. The maximum absolute atomic E-state index is 5.55. The summed E-state index contributed by atoms with van der Waals surface area (Å²) in [7, 11) is 3.33. The molecule has 1 N–H and O–H groups in total. The number of H-pyrrole nitrogens is 1. The molecule has 0 atom stereocenters. The van der Waals surface area contributed by atoms with Crippen molar-refractivity contribution < 1.29 is 28.3 Å². The molecule has 128 valence electrons. The van der Waals surface area contributed by atoms with E-state index in [4.69, 9.17) is 23.7 Å². The van der Waals surface area contributed by atoms with Crippen LogP contribution in [0.2, 0.25) is 0 Å². The lowest BCUT2D eigenvalue weighted by Crippen LogP contribution is -2.39. The van der Waals surface area contributed by atoms with Gasteiger partial charge < -0.3 is 23.7 Å². The second kappa shape index (κ2) is 13.7. The van der Waals surface area contributed by atoms with Crippen molar-refractivity contribution in [3.63, 3.8) is 0 Å². The number of nitrogens with zero attached hydrogens (tertiary/aromatic N) is 1. The molecule has 0 bridgehead atoms. The van der Waals surface area contributed by atoms with Gasteiger partial charge in [-0.05, 0) is 0 Å². The van der Waals surface area contributed by atoms with Gasteiger partial charge in [0.05, 0.1) is 59.3 Å². The van der Waals surface area contributed by atoms with Crippen LogP contribution in [0.4, 0.5) is 0 Å². The van der Waals surface area contributed by atoms with Crippen molar-refractivity contribution in [2.45, 2.75) is 13.0 Å². The van der Waals surface area contributed by atoms with Crippen molar-refractivity contribution in [1.82, 2.24) is 4.98 Å². The van der Waals surface area contributed by atoms with Gasteiger partial charge in [0.25, 0.3) is 5.82 Å². The van der Waals surface area contributed by atoms with E-state index in [9.17, 15) is 0 Å². The SMILES string of the molecule is COCCOCCOCC[n+]1cc[nH]c1CCOCCOC. The summed E-state index contributed by atoms with van der Waals surface area (Å²) in [5, 5.41) is 0.